The highest BCUT2D eigenvalue weighted by Crippen LogP contribution is 2.35. The number of carbonyl (C=O) groups is 3. The summed E-state index contributed by atoms with van der Waals surface area (Å²) < 4.78 is 0. The second-order valence-electron chi connectivity index (χ2n) is 7.85. The number of nitrogens with two attached hydrogens (primary N) is 2. The Balaban J connectivity index is 1.62. The summed E-state index contributed by atoms with van der Waals surface area (Å²) in [6.45, 7) is 0.476. The molecule has 1 aliphatic carbocycles. The standard InChI is InChI=1S/C23H28N4O4S/c24-20(28)17-13-18(32-21(17)27-23(25)31)15-10-8-14(9-11-15)5-4-12-26-19(22(29)30)16-6-2-1-3-7-16/h4-5,8-11,13,16,19,26H,1-3,6-7,12H2,(H2,24,28)(H,29,30)(H3,25,27,31)/t19-/m0/s1. The molecular weight excluding hydrogens is 428 g/mol. The van der Waals surface area contributed by atoms with Gasteiger partial charge >= 0.3 is 12.0 Å². The Morgan fingerprint density at radius 1 is 1.12 bits per heavy atom. The number of urea groups is 1. The van der Waals surface area contributed by atoms with Crippen LogP contribution in [-0.4, -0.2) is 35.6 Å². The van der Waals surface area contributed by atoms with Gasteiger partial charge in [0.1, 0.15) is 11.0 Å². The SMILES string of the molecule is NC(=O)Nc1sc(-c2ccc(C=CCN[C@H](C(=O)O)C3CCCCC3)cc2)cc1C(N)=O. The second kappa shape index (κ2) is 10.9. The van der Waals surface area contributed by atoms with Crippen LogP contribution in [0.4, 0.5) is 9.80 Å². The van der Waals surface area contributed by atoms with Crippen LogP contribution < -0.4 is 22.1 Å². The number of rotatable bonds is 9. The Labute approximate surface area is 190 Å². The minimum absolute atomic E-state index is 0.193. The van der Waals surface area contributed by atoms with Gasteiger partial charge in [-0.05, 0) is 36.0 Å². The monoisotopic (exact) mass is 456 g/mol. The van der Waals surface area contributed by atoms with E-state index >= 15 is 0 Å². The van der Waals surface area contributed by atoms with E-state index in [2.05, 4.69) is 10.6 Å². The van der Waals surface area contributed by atoms with Crippen LogP contribution >= 0.6 is 11.3 Å². The molecule has 0 unspecified atom stereocenters. The number of carbonyl (C=O) groups excluding carboxylic acids is 2. The minimum atomic E-state index is -0.786. The molecule has 0 aliphatic heterocycles. The molecule has 1 saturated carbocycles. The number of thiophene rings is 1. The molecule has 3 amide bonds. The lowest BCUT2D eigenvalue weighted by Crippen LogP contribution is -2.43. The van der Waals surface area contributed by atoms with Crippen molar-refractivity contribution in [2.75, 3.05) is 11.9 Å². The van der Waals surface area contributed by atoms with Gasteiger partial charge in [-0.25, -0.2) is 4.79 Å². The molecule has 0 bridgehead atoms. The molecule has 7 N–H and O–H groups in total. The van der Waals surface area contributed by atoms with Crippen LogP contribution in [-0.2, 0) is 4.79 Å². The number of aliphatic carboxylic acids is 1. The Kier molecular flexibility index (Phi) is 8.02. The predicted octanol–water partition coefficient (Wildman–Crippen LogP) is 3.64. The van der Waals surface area contributed by atoms with Crippen molar-refractivity contribution in [3.63, 3.8) is 0 Å². The van der Waals surface area contributed by atoms with Crippen molar-refractivity contribution < 1.29 is 19.5 Å². The van der Waals surface area contributed by atoms with Crippen molar-refractivity contribution >= 4 is 40.3 Å². The van der Waals surface area contributed by atoms with E-state index in [-0.39, 0.29) is 11.5 Å². The van der Waals surface area contributed by atoms with E-state index in [4.69, 9.17) is 11.5 Å². The molecule has 1 aromatic heterocycles. The number of hydrogen-bond donors (Lipinski definition) is 5. The fraction of sp³-hybridized carbons (Fsp3) is 0.348. The largest absolute Gasteiger partial charge is 0.480 e. The fourth-order valence-electron chi connectivity index (χ4n) is 3.99. The lowest BCUT2D eigenvalue weighted by Gasteiger charge is -2.27. The number of carboxylic acid groups (broad SMARTS) is 1. The van der Waals surface area contributed by atoms with E-state index in [0.717, 1.165) is 41.7 Å². The number of carboxylic acids is 1. The van der Waals surface area contributed by atoms with Gasteiger partial charge in [0, 0.05) is 11.4 Å². The molecule has 1 heterocycles. The molecule has 1 aromatic carbocycles. The van der Waals surface area contributed by atoms with Crippen molar-refractivity contribution in [2.45, 2.75) is 38.1 Å². The molecule has 32 heavy (non-hydrogen) atoms. The van der Waals surface area contributed by atoms with E-state index in [1.165, 1.54) is 17.8 Å². The Morgan fingerprint density at radius 3 is 2.41 bits per heavy atom. The maximum Gasteiger partial charge on any atom is 0.320 e. The van der Waals surface area contributed by atoms with Crippen LogP contribution in [0.2, 0.25) is 0 Å². The third-order valence-electron chi connectivity index (χ3n) is 5.58. The highest BCUT2D eigenvalue weighted by molar-refractivity contribution is 7.20. The molecule has 9 heteroatoms. The van der Waals surface area contributed by atoms with Gasteiger partial charge in [-0.3, -0.25) is 14.9 Å². The molecule has 0 spiro atoms. The maximum absolute atomic E-state index is 11.6. The topological polar surface area (TPSA) is 148 Å². The average molecular weight is 457 g/mol. The summed E-state index contributed by atoms with van der Waals surface area (Å²) in [5, 5.41) is 15.4. The van der Waals surface area contributed by atoms with E-state index < -0.39 is 23.9 Å². The highest BCUT2D eigenvalue weighted by atomic mass is 32.1. The van der Waals surface area contributed by atoms with Crippen molar-refractivity contribution in [3.05, 3.63) is 47.5 Å². The number of nitrogens with one attached hydrogen (secondary N) is 2. The van der Waals surface area contributed by atoms with Gasteiger partial charge in [0.25, 0.3) is 5.91 Å². The average Bonchev–Trinajstić information content (AvgIpc) is 3.18. The van der Waals surface area contributed by atoms with Crippen LogP contribution in [0, 0.1) is 5.92 Å². The summed E-state index contributed by atoms with van der Waals surface area (Å²) >= 11 is 1.22. The number of amides is 3. The zero-order valence-electron chi connectivity index (χ0n) is 17.7. The first-order valence-electron chi connectivity index (χ1n) is 10.6. The maximum atomic E-state index is 11.6. The quantitative estimate of drug-likeness (QED) is 0.391. The van der Waals surface area contributed by atoms with Crippen LogP contribution in [0.25, 0.3) is 16.5 Å². The zero-order chi connectivity index (χ0) is 23.1. The van der Waals surface area contributed by atoms with Crippen LogP contribution in [0.15, 0.2) is 36.4 Å². The fourth-order valence-corrected chi connectivity index (χ4v) is 5.06. The summed E-state index contributed by atoms with van der Waals surface area (Å²) in [6, 6.07) is 8.01. The van der Waals surface area contributed by atoms with Crippen LogP contribution in [0.1, 0.15) is 48.0 Å². The van der Waals surface area contributed by atoms with E-state index in [1.807, 2.05) is 36.4 Å². The van der Waals surface area contributed by atoms with Crippen LogP contribution in [0.5, 0.6) is 0 Å². The Morgan fingerprint density at radius 2 is 1.81 bits per heavy atom. The van der Waals surface area contributed by atoms with Gasteiger partial charge in [0.15, 0.2) is 0 Å². The zero-order valence-corrected chi connectivity index (χ0v) is 18.5. The molecule has 2 aromatic rings. The molecule has 1 aliphatic rings. The molecule has 170 valence electrons. The number of primary amides is 2. The predicted molar refractivity (Wildman–Crippen MR) is 127 cm³/mol. The van der Waals surface area contributed by atoms with Gasteiger partial charge in [-0.2, -0.15) is 0 Å². The van der Waals surface area contributed by atoms with Gasteiger partial charge < -0.3 is 21.9 Å². The first kappa shape index (κ1) is 23.5. The summed E-state index contributed by atoms with van der Waals surface area (Å²) in [4.78, 5) is 35.2. The summed E-state index contributed by atoms with van der Waals surface area (Å²) in [6.07, 6.45) is 9.17. The van der Waals surface area contributed by atoms with Crippen LogP contribution in [0.3, 0.4) is 0 Å². The molecular formula is C23H28N4O4S. The van der Waals surface area contributed by atoms with Crippen molar-refractivity contribution in [1.82, 2.24) is 5.32 Å². The van der Waals surface area contributed by atoms with E-state index in [0.29, 0.717) is 11.5 Å². The molecule has 0 radical (unpaired) electrons. The summed E-state index contributed by atoms with van der Waals surface area (Å²) in [7, 11) is 0. The number of hydrogen-bond acceptors (Lipinski definition) is 5. The van der Waals surface area contributed by atoms with Gasteiger partial charge in [-0.15, -0.1) is 11.3 Å². The van der Waals surface area contributed by atoms with Gasteiger partial charge in [0.05, 0.1) is 5.56 Å². The third-order valence-corrected chi connectivity index (χ3v) is 6.68. The van der Waals surface area contributed by atoms with Crippen molar-refractivity contribution in [2.24, 2.45) is 17.4 Å². The lowest BCUT2D eigenvalue weighted by atomic mass is 9.84. The lowest BCUT2D eigenvalue weighted by molar-refractivity contribution is -0.141. The Hall–Kier alpha value is -3.17. The minimum Gasteiger partial charge on any atom is -0.480 e. The number of anilines is 1. The molecule has 1 atom stereocenters. The van der Waals surface area contributed by atoms with Crippen molar-refractivity contribution in [1.29, 1.82) is 0 Å². The van der Waals surface area contributed by atoms with Gasteiger partial charge in [0.2, 0.25) is 0 Å². The molecule has 8 nitrogen and oxygen atoms in total. The normalized spacial score (nSPS) is 15.5. The second-order valence-corrected chi connectivity index (χ2v) is 8.91. The molecule has 0 saturated heterocycles. The molecule has 1 fully saturated rings. The van der Waals surface area contributed by atoms with E-state index in [9.17, 15) is 19.5 Å². The molecule has 3 rings (SSSR count). The van der Waals surface area contributed by atoms with E-state index in [1.54, 1.807) is 6.07 Å². The smallest absolute Gasteiger partial charge is 0.320 e. The summed E-state index contributed by atoms with van der Waals surface area (Å²) in [5.74, 6) is -1.23. The third kappa shape index (κ3) is 6.18. The van der Waals surface area contributed by atoms with Gasteiger partial charge in [-0.1, -0.05) is 55.7 Å². The first-order valence-corrected chi connectivity index (χ1v) is 11.4. The van der Waals surface area contributed by atoms with Crippen molar-refractivity contribution in [3.8, 4) is 10.4 Å². The Bertz CT molecular complexity index is 994. The number of benzene rings is 1. The summed E-state index contributed by atoms with van der Waals surface area (Å²) in [5.41, 5.74) is 12.6. The highest BCUT2D eigenvalue weighted by Gasteiger charge is 2.28. The first-order chi connectivity index (χ1) is 15.3.